The fraction of sp³-hybridized carbons (Fsp3) is 0. The molecule has 1 aliphatic rings. The van der Waals surface area contributed by atoms with Crippen LogP contribution in [0.1, 0.15) is 31.8 Å². The third-order valence-corrected chi connectivity index (χ3v) is 3.12. The van der Waals surface area contributed by atoms with Crippen LogP contribution in [0.5, 0.6) is 0 Å². The van der Waals surface area contributed by atoms with Gasteiger partial charge in [0.25, 0.3) is 0 Å². The Hall–Kier alpha value is -3.08. The molecule has 1 aliphatic carbocycles. The van der Waals surface area contributed by atoms with Crippen molar-refractivity contribution >= 4 is 11.6 Å². The Morgan fingerprint density at radius 1 is 0.714 bits per heavy atom. The highest BCUT2D eigenvalue weighted by Gasteiger charge is 2.28. The first kappa shape index (κ1) is 12.9. The predicted molar refractivity (Wildman–Crippen MR) is 74.0 cm³/mol. The number of benzene rings is 2. The summed E-state index contributed by atoms with van der Waals surface area (Å²) in [6, 6.07) is 13.9. The summed E-state index contributed by atoms with van der Waals surface area (Å²) in [6.45, 7) is 0. The predicted octanol–water partition coefficient (Wildman–Crippen LogP) is 2.53. The molecule has 0 radical (unpaired) electrons. The molecule has 21 heavy (non-hydrogen) atoms. The molecule has 1 heterocycles. The van der Waals surface area contributed by atoms with Crippen LogP contribution >= 0.6 is 0 Å². The Labute approximate surface area is 120 Å². The SMILES string of the molecule is O=C1c2ccccc2C(=O)c2ccccc21.c1conn1. The molecule has 3 aromatic rings. The maximum atomic E-state index is 12.1. The highest BCUT2D eigenvalue weighted by atomic mass is 16.5. The Kier molecular flexibility index (Phi) is 3.39. The van der Waals surface area contributed by atoms with E-state index in [0.29, 0.717) is 22.3 Å². The van der Waals surface area contributed by atoms with Gasteiger partial charge in [0.15, 0.2) is 11.6 Å². The second kappa shape index (κ2) is 5.50. The quantitative estimate of drug-likeness (QED) is 0.494. The van der Waals surface area contributed by atoms with Gasteiger partial charge in [-0.3, -0.25) is 9.59 Å². The zero-order valence-electron chi connectivity index (χ0n) is 10.9. The first-order valence-corrected chi connectivity index (χ1v) is 6.27. The van der Waals surface area contributed by atoms with E-state index >= 15 is 0 Å². The number of rotatable bonds is 0. The third kappa shape index (κ3) is 2.36. The average Bonchev–Trinajstić information content (AvgIpc) is 3.12. The zero-order chi connectivity index (χ0) is 14.7. The van der Waals surface area contributed by atoms with E-state index in [-0.39, 0.29) is 11.6 Å². The van der Waals surface area contributed by atoms with Gasteiger partial charge in [-0.15, -0.1) is 5.10 Å². The number of ketones is 2. The lowest BCUT2D eigenvalue weighted by Crippen LogP contribution is -2.20. The molecule has 5 heteroatoms. The first-order chi connectivity index (χ1) is 10.3. The lowest BCUT2D eigenvalue weighted by atomic mass is 9.84. The number of carbonyl (C=O) groups is 2. The summed E-state index contributed by atoms with van der Waals surface area (Å²) in [5, 5.41) is 6.40. The van der Waals surface area contributed by atoms with Crippen molar-refractivity contribution < 1.29 is 14.1 Å². The van der Waals surface area contributed by atoms with Crippen LogP contribution in [0.3, 0.4) is 0 Å². The summed E-state index contributed by atoms with van der Waals surface area (Å²) in [4.78, 5) is 24.2. The van der Waals surface area contributed by atoms with Gasteiger partial charge >= 0.3 is 0 Å². The summed E-state index contributed by atoms with van der Waals surface area (Å²) >= 11 is 0. The van der Waals surface area contributed by atoms with Crippen molar-refractivity contribution in [1.82, 2.24) is 10.4 Å². The minimum Gasteiger partial charge on any atom is -0.346 e. The number of nitrogens with zero attached hydrogens (tertiary/aromatic N) is 2. The standard InChI is InChI=1S/C14H8O2.C2H2N2O/c15-13-9-5-1-2-6-10(9)14(16)12-8-4-3-7-11(12)13;1-2-5-4-3-1/h1-8H;1-2H. The van der Waals surface area contributed by atoms with Gasteiger partial charge < -0.3 is 4.52 Å². The molecule has 2 aromatic carbocycles. The minimum atomic E-state index is -0.0641. The zero-order valence-corrected chi connectivity index (χ0v) is 10.9. The van der Waals surface area contributed by atoms with Crippen molar-refractivity contribution in [3.8, 4) is 0 Å². The van der Waals surface area contributed by atoms with E-state index in [1.165, 1.54) is 12.5 Å². The maximum absolute atomic E-state index is 12.1. The highest BCUT2D eigenvalue weighted by Crippen LogP contribution is 2.26. The third-order valence-electron chi connectivity index (χ3n) is 3.12. The maximum Gasteiger partial charge on any atom is 0.194 e. The molecular weight excluding hydrogens is 268 g/mol. The van der Waals surface area contributed by atoms with Gasteiger partial charge in [-0.05, 0) is 0 Å². The van der Waals surface area contributed by atoms with Crippen molar-refractivity contribution in [3.63, 3.8) is 0 Å². The molecule has 1 aromatic heterocycles. The molecule has 0 amide bonds. The van der Waals surface area contributed by atoms with E-state index in [1.54, 1.807) is 48.5 Å². The lowest BCUT2D eigenvalue weighted by molar-refractivity contribution is 0.0979. The van der Waals surface area contributed by atoms with Gasteiger partial charge in [-0.25, -0.2) is 0 Å². The molecule has 0 saturated heterocycles. The Balaban J connectivity index is 0.000000225. The summed E-state index contributed by atoms with van der Waals surface area (Å²) < 4.78 is 4.22. The van der Waals surface area contributed by atoms with Crippen molar-refractivity contribution in [2.75, 3.05) is 0 Å². The minimum absolute atomic E-state index is 0.0641. The molecule has 0 atom stereocenters. The topological polar surface area (TPSA) is 73.1 Å². The van der Waals surface area contributed by atoms with Crippen LogP contribution in [0.25, 0.3) is 0 Å². The fourth-order valence-electron chi connectivity index (χ4n) is 2.18. The molecule has 4 rings (SSSR count). The summed E-state index contributed by atoms with van der Waals surface area (Å²) in [5.41, 5.74) is 2.02. The summed E-state index contributed by atoms with van der Waals surface area (Å²) in [6.07, 6.45) is 2.88. The second-order valence-corrected chi connectivity index (χ2v) is 4.34. The van der Waals surface area contributed by atoms with E-state index in [0.717, 1.165) is 0 Å². The molecule has 0 saturated carbocycles. The van der Waals surface area contributed by atoms with Crippen LogP contribution in [-0.2, 0) is 0 Å². The van der Waals surface area contributed by atoms with Gasteiger partial charge in [0, 0.05) is 27.5 Å². The van der Waals surface area contributed by atoms with E-state index in [9.17, 15) is 9.59 Å². The van der Waals surface area contributed by atoms with E-state index in [4.69, 9.17) is 0 Å². The van der Waals surface area contributed by atoms with Gasteiger partial charge in [-0.2, -0.15) is 0 Å². The molecule has 0 spiro atoms. The summed E-state index contributed by atoms with van der Waals surface area (Å²) in [7, 11) is 0. The van der Waals surface area contributed by atoms with Crippen LogP contribution in [-0.4, -0.2) is 21.9 Å². The van der Waals surface area contributed by atoms with Crippen LogP contribution in [0, 0.1) is 0 Å². The van der Waals surface area contributed by atoms with Gasteiger partial charge in [0.1, 0.15) is 6.26 Å². The molecule has 0 aliphatic heterocycles. The van der Waals surface area contributed by atoms with Crippen LogP contribution < -0.4 is 0 Å². The average molecular weight is 278 g/mol. The first-order valence-electron chi connectivity index (χ1n) is 6.27. The molecular formula is C16H10N2O3. The second-order valence-electron chi connectivity index (χ2n) is 4.34. The van der Waals surface area contributed by atoms with Crippen molar-refractivity contribution in [1.29, 1.82) is 0 Å². The Bertz CT molecular complexity index is 672. The normalized spacial score (nSPS) is 12.0. The highest BCUT2D eigenvalue weighted by molar-refractivity contribution is 6.28. The number of carbonyl (C=O) groups excluding carboxylic acids is 2. The fourth-order valence-corrected chi connectivity index (χ4v) is 2.18. The smallest absolute Gasteiger partial charge is 0.194 e. The van der Waals surface area contributed by atoms with Gasteiger partial charge in [0.2, 0.25) is 0 Å². The molecule has 5 nitrogen and oxygen atoms in total. The summed E-state index contributed by atoms with van der Waals surface area (Å²) in [5.74, 6) is -0.128. The monoisotopic (exact) mass is 278 g/mol. The number of hydrogen-bond acceptors (Lipinski definition) is 5. The van der Waals surface area contributed by atoms with Crippen molar-refractivity contribution in [3.05, 3.63) is 83.2 Å². The van der Waals surface area contributed by atoms with Gasteiger partial charge in [-0.1, -0.05) is 48.5 Å². The molecule has 0 N–H and O–H groups in total. The van der Waals surface area contributed by atoms with Crippen LogP contribution in [0.2, 0.25) is 0 Å². The van der Waals surface area contributed by atoms with Gasteiger partial charge in [0.05, 0.1) is 6.20 Å². The Morgan fingerprint density at radius 2 is 1.14 bits per heavy atom. The largest absolute Gasteiger partial charge is 0.346 e. The molecule has 0 bridgehead atoms. The van der Waals surface area contributed by atoms with E-state index in [2.05, 4.69) is 14.9 Å². The Morgan fingerprint density at radius 3 is 1.38 bits per heavy atom. The number of aromatic nitrogens is 2. The number of fused-ring (bicyclic) bond motifs is 2. The molecule has 102 valence electrons. The molecule has 0 fully saturated rings. The number of hydrogen-bond donors (Lipinski definition) is 0. The van der Waals surface area contributed by atoms with Crippen molar-refractivity contribution in [2.24, 2.45) is 0 Å². The van der Waals surface area contributed by atoms with E-state index < -0.39 is 0 Å². The lowest BCUT2D eigenvalue weighted by Gasteiger charge is -2.16. The van der Waals surface area contributed by atoms with Crippen LogP contribution in [0.4, 0.5) is 0 Å². The van der Waals surface area contributed by atoms with Crippen LogP contribution in [0.15, 0.2) is 65.5 Å². The van der Waals surface area contributed by atoms with E-state index in [1.807, 2.05) is 0 Å². The molecule has 0 unspecified atom stereocenters. The van der Waals surface area contributed by atoms with Crippen molar-refractivity contribution in [2.45, 2.75) is 0 Å².